The van der Waals surface area contributed by atoms with E-state index in [1.807, 2.05) is 0 Å². The zero-order valence-corrected chi connectivity index (χ0v) is 16.7. The number of amides is 1. The summed E-state index contributed by atoms with van der Waals surface area (Å²) in [5.41, 5.74) is 0.820. The Morgan fingerprint density at radius 3 is 2.93 bits per heavy atom. The summed E-state index contributed by atoms with van der Waals surface area (Å²) >= 11 is 6.43. The molecule has 1 amide bonds. The van der Waals surface area contributed by atoms with E-state index in [2.05, 4.69) is 27.1 Å². The third kappa shape index (κ3) is 3.62. The van der Waals surface area contributed by atoms with E-state index in [4.69, 9.17) is 12.2 Å². The molecule has 0 aliphatic rings. The SMILES string of the molecule is C=CCn1c(-c2sc(NC(=O)c3cccc(C)c3[N+](=O)[O-])nc2C)n[nH]c1=S. The van der Waals surface area contributed by atoms with Crippen LogP contribution in [0, 0.1) is 28.7 Å². The first-order chi connectivity index (χ1) is 13.3. The number of aromatic amines is 1. The Hall–Kier alpha value is -3.18. The molecule has 3 aromatic rings. The Balaban J connectivity index is 1.94. The van der Waals surface area contributed by atoms with Crippen LogP contribution < -0.4 is 5.32 Å². The summed E-state index contributed by atoms with van der Waals surface area (Å²) in [5, 5.41) is 21.2. The van der Waals surface area contributed by atoms with Gasteiger partial charge in [0.05, 0.1) is 15.5 Å². The van der Waals surface area contributed by atoms with Crippen molar-refractivity contribution in [3.63, 3.8) is 0 Å². The summed E-state index contributed by atoms with van der Waals surface area (Å²) in [6, 6.07) is 4.60. The van der Waals surface area contributed by atoms with Crippen LogP contribution in [0.4, 0.5) is 10.8 Å². The summed E-state index contributed by atoms with van der Waals surface area (Å²) in [6.45, 7) is 7.55. The molecule has 144 valence electrons. The molecule has 1 aromatic carbocycles. The van der Waals surface area contributed by atoms with Crippen LogP contribution in [0.15, 0.2) is 30.9 Å². The van der Waals surface area contributed by atoms with Gasteiger partial charge in [0, 0.05) is 12.1 Å². The summed E-state index contributed by atoms with van der Waals surface area (Å²) in [7, 11) is 0. The Morgan fingerprint density at radius 2 is 2.25 bits per heavy atom. The molecule has 2 heterocycles. The molecule has 0 fully saturated rings. The molecule has 3 rings (SSSR count). The molecule has 2 aromatic heterocycles. The maximum Gasteiger partial charge on any atom is 0.285 e. The van der Waals surface area contributed by atoms with Gasteiger partial charge in [0.25, 0.3) is 11.6 Å². The number of para-hydroxylation sites is 1. The number of aryl methyl sites for hydroxylation is 2. The van der Waals surface area contributed by atoms with Crippen molar-refractivity contribution < 1.29 is 9.72 Å². The number of anilines is 1. The molecule has 0 spiro atoms. The fraction of sp³-hybridized carbons (Fsp3) is 0.176. The number of nitro groups is 1. The molecular formula is C17H16N6O3S2. The fourth-order valence-corrected chi connectivity index (χ4v) is 3.86. The predicted octanol–water partition coefficient (Wildman–Crippen LogP) is 4.03. The Labute approximate surface area is 168 Å². The lowest BCUT2D eigenvalue weighted by Crippen LogP contribution is -2.14. The molecule has 0 saturated carbocycles. The van der Waals surface area contributed by atoms with Crippen LogP contribution in [-0.2, 0) is 6.54 Å². The van der Waals surface area contributed by atoms with E-state index in [1.165, 1.54) is 17.4 Å². The molecule has 0 aliphatic heterocycles. The minimum absolute atomic E-state index is 0.0197. The van der Waals surface area contributed by atoms with Gasteiger partial charge < -0.3 is 0 Å². The molecule has 0 unspecified atom stereocenters. The summed E-state index contributed by atoms with van der Waals surface area (Å²) in [5.74, 6) is -0.0115. The van der Waals surface area contributed by atoms with E-state index < -0.39 is 10.8 Å². The average Bonchev–Trinajstić information content (AvgIpc) is 3.17. The van der Waals surface area contributed by atoms with Gasteiger partial charge in [0.1, 0.15) is 5.56 Å². The zero-order valence-electron chi connectivity index (χ0n) is 15.1. The highest BCUT2D eigenvalue weighted by Gasteiger charge is 2.24. The number of carbonyl (C=O) groups excluding carboxylic acids is 1. The van der Waals surface area contributed by atoms with Crippen molar-refractivity contribution >= 4 is 40.3 Å². The standard InChI is InChI=1S/C17H16N6O3S2/c1-4-8-22-14(20-21-17(22)27)13-10(3)18-16(28-13)19-15(24)11-7-5-6-9(2)12(11)23(25)26/h4-7H,1,8H2,2-3H3,(H,21,27)(H,18,19,24). The lowest BCUT2D eigenvalue weighted by Gasteiger charge is -2.05. The highest BCUT2D eigenvalue weighted by molar-refractivity contribution is 7.71. The molecular weight excluding hydrogens is 400 g/mol. The number of aromatic nitrogens is 4. The number of hydrogen-bond donors (Lipinski definition) is 2. The van der Waals surface area contributed by atoms with Gasteiger partial charge in [-0.05, 0) is 32.1 Å². The normalized spacial score (nSPS) is 10.6. The first-order valence-corrected chi connectivity index (χ1v) is 9.35. The van der Waals surface area contributed by atoms with Gasteiger partial charge in [-0.15, -0.1) is 6.58 Å². The Morgan fingerprint density at radius 1 is 1.50 bits per heavy atom. The fourth-order valence-electron chi connectivity index (χ4n) is 2.70. The minimum atomic E-state index is -0.597. The van der Waals surface area contributed by atoms with Crippen molar-refractivity contribution in [2.45, 2.75) is 20.4 Å². The number of nitrogens with one attached hydrogen (secondary N) is 2. The number of carbonyl (C=O) groups is 1. The number of rotatable bonds is 6. The Kier molecular flexibility index (Phi) is 5.47. The van der Waals surface area contributed by atoms with E-state index in [0.29, 0.717) is 33.5 Å². The lowest BCUT2D eigenvalue weighted by molar-refractivity contribution is -0.385. The molecule has 28 heavy (non-hydrogen) atoms. The molecule has 0 radical (unpaired) electrons. The lowest BCUT2D eigenvalue weighted by atomic mass is 10.1. The van der Waals surface area contributed by atoms with E-state index in [-0.39, 0.29) is 11.3 Å². The summed E-state index contributed by atoms with van der Waals surface area (Å²) < 4.78 is 2.21. The van der Waals surface area contributed by atoms with Crippen molar-refractivity contribution in [1.29, 1.82) is 0 Å². The molecule has 0 atom stereocenters. The second-order valence-electron chi connectivity index (χ2n) is 5.87. The number of benzene rings is 1. The van der Waals surface area contributed by atoms with Crippen LogP contribution in [0.3, 0.4) is 0 Å². The maximum absolute atomic E-state index is 12.6. The summed E-state index contributed by atoms with van der Waals surface area (Å²) in [4.78, 5) is 28.5. The second kappa shape index (κ2) is 7.82. The van der Waals surface area contributed by atoms with Crippen molar-refractivity contribution in [1.82, 2.24) is 19.7 Å². The third-order valence-corrected chi connectivity index (χ3v) is 5.34. The number of nitrogens with zero attached hydrogens (tertiary/aromatic N) is 4. The van der Waals surface area contributed by atoms with Crippen LogP contribution in [0.5, 0.6) is 0 Å². The zero-order chi connectivity index (χ0) is 20.4. The predicted molar refractivity (Wildman–Crippen MR) is 109 cm³/mol. The monoisotopic (exact) mass is 416 g/mol. The van der Waals surface area contributed by atoms with Crippen molar-refractivity contribution in [2.24, 2.45) is 0 Å². The molecule has 0 bridgehead atoms. The van der Waals surface area contributed by atoms with Crippen LogP contribution >= 0.6 is 23.6 Å². The maximum atomic E-state index is 12.6. The molecule has 0 saturated heterocycles. The highest BCUT2D eigenvalue weighted by Crippen LogP contribution is 2.32. The molecule has 9 nitrogen and oxygen atoms in total. The Bertz CT molecular complexity index is 1140. The van der Waals surface area contributed by atoms with Gasteiger partial charge in [-0.3, -0.25) is 29.9 Å². The van der Waals surface area contributed by atoms with Gasteiger partial charge >= 0.3 is 0 Å². The smallest absolute Gasteiger partial charge is 0.285 e. The number of nitro benzene ring substituents is 1. The van der Waals surface area contributed by atoms with Crippen LogP contribution in [0.2, 0.25) is 0 Å². The average molecular weight is 416 g/mol. The van der Waals surface area contributed by atoms with Gasteiger partial charge in [0.15, 0.2) is 15.7 Å². The van der Waals surface area contributed by atoms with Crippen molar-refractivity contribution in [3.8, 4) is 10.7 Å². The van der Waals surface area contributed by atoms with E-state index in [0.717, 1.165) is 4.88 Å². The van der Waals surface area contributed by atoms with Gasteiger partial charge in [-0.25, -0.2) is 4.98 Å². The van der Waals surface area contributed by atoms with E-state index >= 15 is 0 Å². The van der Waals surface area contributed by atoms with Crippen LogP contribution in [0.25, 0.3) is 10.7 Å². The van der Waals surface area contributed by atoms with Gasteiger partial charge in [-0.2, -0.15) is 5.10 Å². The van der Waals surface area contributed by atoms with E-state index in [9.17, 15) is 14.9 Å². The minimum Gasteiger partial charge on any atom is -0.298 e. The largest absolute Gasteiger partial charge is 0.298 e. The number of allylic oxidation sites excluding steroid dienone is 1. The molecule has 0 aliphatic carbocycles. The second-order valence-corrected chi connectivity index (χ2v) is 7.25. The van der Waals surface area contributed by atoms with Gasteiger partial charge in [0.2, 0.25) is 0 Å². The topological polar surface area (TPSA) is 119 Å². The number of thiazole rings is 1. The summed E-state index contributed by atoms with van der Waals surface area (Å²) in [6.07, 6.45) is 1.70. The van der Waals surface area contributed by atoms with Crippen LogP contribution in [0.1, 0.15) is 21.6 Å². The number of H-pyrrole nitrogens is 1. The first kappa shape index (κ1) is 19.6. The number of hydrogen-bond acceptors (Lipinski definition) is 7. The molecule has 2 N–H and O–H groups in total. The van der Waals surface area contributed by atoms with Gasteiger partial charge in [-0.1, -0.05) is 29.5 Å². The van der Waals surface area contributed by atoms with Crippen molar-refractivity contribution in [3.05, 3.63) is 62.6 Å². The quantitative estimate of drug-likeness (QED) is 0.271. The first-order valence-electron chi connectivity index (χ1n) is 8.12. The van der Waals surface area contributed by atoms with Crippen LogP contribution in [-0.4, -0.2) is 30.6 Å². The van der Waals surface area contributed by atoms with Crippen molar-refractivity contribution in [2.75, 3.05) is 5.32 Å². The third-order valence-electron chi connectivity index (χ3n) is 3.96. The molecule has 11 heteroatoms. The highest BCUT2D eigenvalue weighted by atomic mass is 32.1. The van der Waals surface area contributed by atoms with E-state index in [1.54, 1.807) is 36.6 Å².